The van der Waals surface area contributed by atoms with Crippen molar-refractivity contribution in [3.63, 3.8) is 0 Å². The van der Waals surface area contributed by atoms with Gasteiger partial charge < -0.3 is 15.4 Å². The molecule has 4 heteroatoms. The van der Waals surface area contributed by atoms with Crippen LogP contribution in [0.25, 0.3) is 0 Å². The minimum Gasteiger partial charge on any atom is -0.497 e. The van der Waals surface area contributed by atoms with E-state index in [2.05, 4.69) is 10.6 Å². The van der Waals surface area contributed by atoms with E-state index in [0.717, 1.165) is 16.9 Å². The van der Waals surface area contributed by atoms with Gasteiger partial charge in [-0.15, -0.1) is 0 Å². The molecule has 2 rings (SSSR count). The maximum atomic E-state index is 12.1. The SMILES string of the molecule is COc1ccc(CNC(=O)[C@@H](C)NCc2ccccc2)cc1. The standard InChI is InChI=1S/C18H22N2O2/c1-14(19-12-15-6-4-3-5-7-15)18(21)20-13-16-8-10-17(22-2)11-9-16/h3-11,14,19H,12-13H2,1-2H3,(H,20,21)/t14-/m1/s1. The summed E-state index contributed by atoms with van der Waals surface area (Å²) in [5.74, 6) is 0.805. The van der Waals surface area contributed by atoms with E-state index in [1.54, 1.807) is 7.11 Å². The summed E-state index contributed by atoms with van der Waals surface area (Å²) in [5, 5.41) is 6.15. The maximum Gasteiger partial charge on any atom is 0.237 e. The zero-order valence-electron chi connectivity index (χ0n) is 13.0. The molecule has 0 radical (unpaired) electrons. The number of ether oxygens (including phenoxy) is 1. The first-order chi connectivity index (χ1) is 10.7. The highest BCUT2D eigenvalue weighted by Crippen LogP contribution is 2.10. The summed E-state index contributed by atoms with van der Waals surface area (Å²) in [6.45, 7) is 3.06. The number of hydrogen-bond acceptors (Lipinski definition) is 3. The molecule has 0 heterocycles. The van der Waals surface area contributed by atoms with Crippen LogP contribution in [0.15, 0.2) is 54.6 Å². The average Bonchev–Trinajstić information content (AvgIpc) is 2.58. The molecule has 2 aromatic rings. The van der Waals surface area contributed by atoms with Gasteiger partial charge in [-0.1, -0.05) is 42.5 Å². The molecule has 2 aromatic carbocycles. The molecule has 0 aromatic heterocycles. The quantitative estimate of drug-likeness (QED) is 0.825. The van der Waals surface area contributed by atoms with Crippen LogP contribution in [0.4, 0.5) is 0 Å². The van der Waals surface area contributed by atoms with Crippen molar-refractivity contribution in [3.8, 4) is 5.75 Å². The van der Waals surface area contributed by atoms with E-state index in [4.69, 9.17) is 4.74 Å². The number of nitrogens with one attached hydrogen (secondary N) is 2. The molecule has 0 fully saturated rings. The molecule has 0 aliphatic rings. The predicted octanol–water partition coefficient (Wildman–Crippen LogP) is 2.49. The van der Waals surface area contributed by atoms with Crippen molar-refractivity contribution in [2.24, 2.45) is 0 Å². The van der Waals surface area contributed by atoms with E-state index in [9.17, 15) is 4.79 Å². The number of benzene rings is 2. The zero-order chi connectivity index (χ0) is 15.8. The second-order valence-corrected chi connectivity index (χ2v) is 5.15. The molecule has 4 nitrogen and oxygen atoms in total. The van der Waals surface area contributed by atoms with Gasteiger partial charge in [-0.2, -0.15) is 0 Å². The van der Waals surface area contributed by atoms with E-state index in [1.807, 2.05) is 61.5 Å². The van der Waals surface area contributed by atoms with Crippen LogP contribution in [0.3, 0.4) is 0 Å². The number of carbonyl (C=O) groups is 1. The topological polar surface area (TPSA) is 50.4 Å². The van der Waals surface area contributed by atoms with Crippen molar-refractivity contribution >= 4 is 5.91 Å². The number of amides is 1. The zero-order valence-corrected chi connectivity index (χ0v) is 13.0. The van der Waals surface area contributed by atoms with Gasteiger partial charge in [-0.05, 0) is 30.2 Å². The van der Waals surface area contributed by atoms with Gasteiger partial charge in [0.2, 0.25) is 5.91 Å². The van der Waals surface area contributed by atoms with Crippen molar-refractivity contribution in [2.45, 2.75) is 26.1 Å². The lowest BCUT2D eigenvalue weighted by Gasteiger charge is -2.14. The molecular formula is C18H22N2O2. The number of hydrogen-bond donors (Lipinski definition) is 2. The van der Waals surface area contributed by atoms with Crippen molar-refractivity contribution < 1.29 is 9.53 Å². The van der Waals surface area contributed by atoms with Crippen LogP contribution in [0, 0.1) is 0 Å². The third-order valence-corrected chi connectivity index (χ3v) is 3.47. The Morgan fingerprint density at radius 3 is 2.27 bits per heavy atom. The van der Waals surface area contributed by atoms with E-state index in [-0.39, 0.29) is 11.9 Å². The summed E-state index contributed by atoms with van der Waals surface area (Å²) in [4.78, 5) is 12.1. The number of methoxy groups -OCH3 is 1. The first-order valence-electron chi connectivity index (χ1n) is 7.37. The minimum absolute atomic E-state index is 0.00764. The Bertz CT molecular complexity index is 582. The van der Waals surface area contributed by atoms with Crippen LogP contribution in [0.2, 0.25) is 0 Å². The molecular weight excluding hydrogens is 276 g/mol. The van der Waals surface area contributed by atoms with Crippen molar-refractivity contribution in [2.75, 3.05) is 7.11 Å². The third-order valence-electron chi connectivity index (χ3n) is 3.47. The molecule has 22 heavy (non-hydrogen) atoms. The lowest BCUT2D eigenvalue weighted by atomic mass is 10.2. The van der Waals surface area contributed by atoms with Crippen LogP contribution in [0.1, 0.15) is 18.1 Å². The third kappa shape index (κ3) is 4.90. The van der Waals surface area contributed by atoms with Crippen molar-refractivity contribution in [1.82, 2.24) is 10.6 Å². The van der Waals surface area contributed by atoms with Gasteiger partial charge in [-0.25, -0.2) is 0 Å². The Hall–Kier alpha value is -2.33. The van der Waals surface area contributed by atoms with Crippen LogP contribution >= 0.6 is 0 Å². The van der Waals surface area contributed by atoms with E-state index in [0.29, 0.717) is 13.1 Å². The number of rotatable bonds is 7. The molecule has 0 saturated heterocycles. The highest BCUT2D eigenvalue weighted by atomic mass is 16.5. The van der Waals surface area contributed by atoms with Crippen molar-refractivity contribution in [3.05, 3.63) is 65.7 Å². The fourth-order valence-corrected chi connectivity index (χ4v) is 2.05. The highest BCUT2D eigenvalue weighted by Gasteiger charge is 2.11. The second kappa shape index (κ2) is 8.20. The van der Waals surface area contributed by atoms with Gasteiger partial charge in [0, 0.05) is 13.1 Å². The summed E-state index contributed by atoms with van der Waals surface area (Å²) in [5.41, 5.74) is 2.21. The summed E-state index contributed by atoms with van der Waals surface area (Å²) in [7, 11) is 1.64. The molecule has 2 N–H and O–H groups in total. The van der Waals surface area contributed by atoms with Gasteiger partial charge in [0.15, 0.2) is 0 Å². The summed E-state index contributed by atoms with van der Waals surface area (Å²) < 4.78 is 5.11. The van der Waals surface area contributed by atoms with E-state index >= 15 is 0 Å². The van der Waals surface area contributed by atoms with E-state index < -0.39 is 0 Å². The number of carbonyl (C=O) groups excluding carboxylic acids is 1. The van der Waals surface area contributed by atoms with Crippen LogP contribution < -0.4 is 15.4 Å². The van der Waals surface area contributed by atoms with E-state index in [1.165, 1.54) is 0 Å². The Labute approximate surface area is 131 Å². The first-order valence-corrected chi connectivity index (χ1v) is 7.37. The Balaban J connectivity index is 1.76. The Morgan fingerprint density at radius 2 is 1.64 bits per heavy atom. The molecule has 0 saturated carbocycles. The Kier molecular flexibility index (Phi) is 5.98. The monoisotopic (exact) mass is 298 g/mol. The molecule has 1 atom stereocenters. The maximum absolute atomic E-state index is 12.1. The smallest absolute Gasteiger partial charge is 0.237 e. The van der Waals surface area contributed by atoms with Gasteiger partial charge >= 0.3 is 0 Å². The van der Waals surface area contributed by atoms with Gasteiger partial charge in [0.05, 0.1) is 13.2 Å². The van der Waals surface area contributed by atoms with Gasteiger partial charge in [0.25, 0.3) is 0 Å². The highest BCUT2D eigenvalue weighted by molar-refractivity contribution is 5.81. The molecule has 0 unspecified atom stereocenters. The van der Waals surface area contributed by atoms with Crippen LogP contribution in [-0.4, -0.2) is 19.1 Å². The average molecular weight is 298 g/mol. The lowest BCUT2D eigenvalue weighted by Crippen LogP contribution is -2.41. The molecule has 0 aliphatic heterocycles. The molecule has 116 valence electrons. The van der Waals surface area contributed by atoms with Gasteiger partial charge in [0.1, 0.15) is 5.75 Å². The summed E-state index contributed by atoms with van der Waals surface area (Å²) >= 11 is 0. The normalized spacial score (nSPS) is 11.7. The summed E-state index contributed by atoms with van der Waals surface area (Å²) in [6.07, 6.45) is 0. The molecule has 0 spiro atoms. The lowest BCUT2D eigenvalue weighted by molar-refractivity contribution is -0.122. The Morgan fingerprint density at radius 1 is 1.00 bits per heavy atom. The molecule has 0 aliphatic carbocycles. The fraction of sp³-hybridized carbons (Fsp3) is 0.278. The second-order valence-electron chi connectivity index (χ2n) is 5.15. The predicted molar refractivity (Wildman–Crippen MR) is 87.6 cm³/mol. The van der Waals surface area contributed by atoms with Crippen molar-refractivity contribution in [1.29, 1.82) is 0 Å². The van der Waals surface area contributed by atoms with Crippen LogP contribution in [-0.2, 0) is 17.9 Å². The molecule has 0 bridgehead atoms. The molecule has 1 amide bonds. The largest absolute Gasteiger partial charge is 0.497 e. The first kappa shape index (κ1) is 16.0. The minimum atomic E-state index is -0.238. The van der Waals surface area contributed by atoms with Crippen LogP contribution in [0.5, 0.6) is 5.75 Å². The fourth-order valence-electron chi connectivity index (χ4n) is 2.05. The van der Waals surface area contributed by atoms with Gasteiger partial charge in [-0.3, -0.25) is 4.79 Å². The summed E-state index contributed by atoms with van der Waals surface area (Å²) in [6, 6.07) is 17.5.